The highest BCUT2D eigenvalue weighted by molar-refractivity contribution is 6.30. The summed E-state index contributed by atoms with van der Waals surface area (Å²) in [6, 6.07) is 11.1. The van der Waals surface area contributed by atoms with E-state index in [1.807, 2.05) is 13.8 Å². The first-order valence-electron chi connectivity index (χ1n) is 10.7. The molecule has 1 atom stereocenters. The van der Waals surface area contributed by atoms with Gasteiger partial charge in [-0.25, -0.2) is 13.9 Å². The zero-order valence-electron chi connectivity index (χ0n) is 18.8. The van der Waals surface area contributed by atoms with Crippen molar-refractivity contribution in [2.75, 3.05) is 5.32 Å². The number of rotatable bonds is 6. The Balaban J connectivity index is 1.77. The van der Waals surface area contributed by atoms with Crippen LogP contribution in [0.15, 0.2) is 52.1 Å². The van der Waals surface area contributed by atoms with Crippen LogP contribution in [0, 0.1) is 0 Å². The topological polar surface area (TPSA) is 120 Å². The van der Waals surface area contributed by atoms with E-state index in [-0.39, 0.29) is 40.7 Å². The summed E-state index contributed by atoms with van der Waals surface area (Å²) in [5, 5.41) is 10.4. The zero-order chi connectivity index (χ0) is 24.6. The molecule has 0 radical (unpaired) electrons. The van der Waals surface area contributed by atoms with Crippen LogP contribution in [-0.4, -0.2) is 36.6 Å². The minimum absolute atomic E-state index is 0.0321. The standard InChI is InChI=1S/C23H23ClN6O4/c1-4-13(2)25-20(32)14-8-9-17-18(10-14)30-22(28(3)21(17)33)27-29(23(30)34)12-19(31)26-16-7-5-6-15(24)11-16/h5-11,13H,4,12H2,1-3H3,(H,25,32)(H,26,31). The van der Waals surface area contributed by atoms with Gasteiger partial charge in [0.05, 0.1) is 10.9 Å². The summed E-state index contributed by atoms with van der Waals surface area (Å²) < 4.78 is 3.43. The van der Waals surface area contributed by atoms with Crippen molar-refractivity contribution in [2.45, 2.75) is 32.9 Å². The summed E-state index contributed by atoms with van der Waals surface area (Å²) >= 11 is 5.94. The van der Waals surface area contributed by atoms with E-state index >= 15 is 0 Å². The summed E-state index contributed by atoms with van der Waals surface area (Å²) in [5.74, 6) is -0.750. The van der Waals surface area contributed by atoms with Crippen LogP contribution in [0.1, 0.15) is 30.6 Å². The van der Waals surface area contributed by atoms with E-state index in [4.69, 9.17) is 11.6 Å². The Morgan fingerprint density at radius 3 is 2.62 bits per heavy atom. The van der Waals surface area contributed by atoms with Crippen LogP contribution in [0.3, 0.4) is 0 Å². The molecule has 0 aliphatic rings. The number of carbonyl (C=O) groups excluding carboxylic acids is 2. The number of hydrogen-bond donors (Lipinski definition) is 2. The van der Waals surface area contributed by atoms with E-state index < -0.39 is 11.6 Å². The van der Waals surface area contributed by atoms with Gasteiger partial charge in [0, 0.05) is 29.4 Å². The first-order valence-corrected chi connectivity index (χ1v) is 11.1. The molecule has 0 aliphatic heterocycles. The number of benzene rings is 2. The lowest BCUT2D eigenvalue weighted by molar-refractivity contribution is -0.117. The molecule has 0 fully saturated rings. The van der Waals surface area contributed by atoms with Gasteiger partial charge in [-0.3, -0.25) is 19.0 Å². The van der Waals surface area contributed by atoms with Crippen molar-refractivity contribution in [1.29, 1.82) is 0 Å². The van der Waals surface area contributed by atoms with Crippen molar-refractivity contribution < 1.29 is 9.59 Å². The van der Waals surface area contributed by atoms with Crippen molar-refractivity contribution in [3.8, 4) is 0 Å². The van der Waals surface area contributed by atoms with Crippen LogP contribution in [-0.2, 0) is 18.4 Å². The number of fused-ring (bicyclic) bond motifs is 3. The van der Waals surface area contributed by atoms with Gasteiger partial charge in [0.2, 0.25) is 11.7 Å². The van der Waals surface area contributed by atoms with Crippen LogP contribution in [0.4, 0.5) is 5.69 Å². The lowest BCUT2D eigenvalue weighted by Crippen LogP contribution is -2.32. The molecule has 2 aromatic heterocycles. The minimum atomic E-state index is -0.615. The molecule has 0 saturated carbocycles. The third-order valence-electron chi connectivity index (χ3n) is 5.55. The largest absolute Gasteiger partial charge is 0.352 e. The molecule has 0 saturated heterocycles. The molecule has 2 aromatic carbocycles. The number of aryl methyl sites for hydroxylation is 1. The SMILES string of the molecule is CCC(C)NC(=O)c1ccc2c(=O)n(C)c3nn(CC(=O)Nc4cccc(Cl)c4)c(=O)n3c2c1. The van der Waals surface area contributed by atoms with Crippen LogP contribution in [0.2, 0.25) is 5.02 Å². The van der Waals surface area contributed by atoms with Crippen molar-refractivity contribution >= 4 is 45.8 Å². The van der Waals surface area contributed by atoms with Gasteiger partial charge in [-0.05, 0) is 49.7 Å². The maximum Gasteiger partial charge on any atom is 0.352 e. The molecule has 11 heteroatoms. The highest BCUT2D eigenvalue weighted by Crippen LogP contribution is 2.16. The third-order valence-corrected chi connectivity index (χ3v) is 5.78. The molecular formula is C23H23ClN6O4. The quantitative estimate of drug-likeness (QED) is 0.436. The first-order chi connectivity index (χ1) is 16.2. The van der Waals surface area contributed by atoms with E-state index in [0.717, 1.165) is 11.1 Å². The van der Waals surface area contributed by atoms with E-state index in [1.54, 1.807) is 30.3 Å². The fourth-order valence-corrected chi connectivity index (χ4v) is 3.74. The maximum atomic E-state index is 13.2. The van der Waals surface area contributed by atoms with Gasteiger partial charge in [-0.15, -0.1) is 5.10 Å². The molecule has 4 aromatic rings. The lowest BCUT2D eigenvalue weighted by Gasteiger charge is -2.12. The molecule has 0 spiro atoms. The Kier molecular flexibility index (Phi) is 6.25. The number of aromatic nitrogens is 4. The van der Waals surface area contributed by atoms with Crippen molar-refractivity contribution in [3.05, 3.63) is 73.9 Å². The average molecular weight is 483 g/mol. The second-order valence-electron chi connectivity index (χ2n) is 8.01. The lowest BCUT2D eigenvalue weighted by atomic mass is 10.1. The molecule has 34 heavy (non-hydrogen) atoms. The Morgan fingerprint density at radius 2 is 1.91 bits per heavy atom. The van der Waals surface area contributed by atoms with Gasteiger partial charge >= 0.3 is 5.69 Å². The average Bonchev–Trinajstić information content (AvgIpc) is 3.12. The van der Waals surface area contributed by atoms with Crippen LogP contribution in [0.5, 0.6) is 0 Å². The molecule has 0 bridgehead atoms. The normalized spacial score (nSPS) is 12.1. The Morgan fingerprint density at radius 1 is 1.15 bits per heavy atom. The second-order valence-corrected chi connectivity index (χ2v) is 8.45. The predicted molar refractivity (Wildman–Crippen MR) is 129 cm³/mol. The number of hydrogen-bond acceptors (Lipinski definition) is 5. The van der Waals surface area contributed by atoms with Crippen molar-refractivity contribution in [2.24, 2.45) is 7.05 Å². The number of nitrogens with zero attached hydrogens (tertiary/aromatic N) is 4. The van der Waals surface area contributed by atoms with Gasteiger partial charge in [0.15, 0.2) is 0 Å². The molecule has 176 valence electrons. The third kappa shape index (κ3) is 4.32. The van der Waals surface area contributed by atoms with Gasteiger partial charge < -0.3 is 10.6 Å². The fraction of sp³-hybridized carbons (Fsp3) is 0.261. The molecule has 10 nitrogen and oxygen atoms in total. The van der Waals surface area contributed by atoms with E-state index in [1.165, 1.54) is 28.1 Å². The molecule has 0 aliphatic carbocycles. The van der Waals surface area contributed by atoms with Gasteiger partial charge in [0.1, 0.15) is 6.54 Å². The van der Waals surface area contributed by atoms with Gasteiger partial charge in [0.25, 0.3) is 11.5 Å². The summed E-state index contributed by atoms with van der Waals surface area (Å²) in [7, 11) is 1.49. The second kappa shape index (κ2) is 9.14. The summed E-state index contributed by atoms with van der Waals surface area (Å²) in [6.45, 7) is 3.46. The Labute approximate surface area is 198 Å². The van der Waals surface area contributed by atoms with E-state index in [0.29, 0.717) is 16.3 Å². The highest BCUT2D eigenvalue weighted by Gasteiger charge is 2.19. The molecule has 1 unspecified atom stereocenters. The van der Waals surface area contributed by atoms with E-state index in [9.17, 15) is 19.2 Å². The Bertz CT molecular complexity index is 1550. The summed E-state index contributed by atoms with van der Waals surface area (Å²) in [5.41, 5.74) is 0.0273. The number of carbonyl (C=O) groups is 2. The van der Waals surface area contributed by atoms with Crippen LogP contribution < -0.4 is 21.9 Å². The fourth-order valence-electron chi connectivity index (χ4n) is 3.55. The molecule has 2 N–H and O–H groups in total. The smallest absolute Gasteiger partial charge is 0.350 e. The van der Waals surface area contributed by atoms with Crippen LogP contribution in [0.25, 0.3) is 16.7 Å². The number of amides is 2. The maximum absolute atomic E-state index is 13.2. The monoisotopic (exact) mass is 482 g/mol. The zero-order valence-corrected chi connectivity index (χ0v) is 19.6. The molecular weight excluding hydrogens is 460 g/mol. The van der Waals surface area contributed by atoms with E-state index in [2.05, 4.69) is 15.7 Å². The number of nitrogens with one attached hydrogen (secondary N) is 2. The van der Waals surface area contributed by atoms with Gasteiger partial charge in [-0.2, -0.15) is 0 Å². The van der Waals surface area contributed by atoms with Crippen molar-refractivity contribution in [3.63, 3.8) is 0 Å². The van der Waals surface area contributed by atoms with Gasteiger partial charge in [-0.1, -0.05) is 24.6 Å². The molecule has 4 rings (SSSR count). The predicted octanol–water partition coefficient (Wildman–Crippen LogP) is 2.17. The number of anilines is 1. The molecule has 2 amide bonds. The summed E-state index contributed by atoms with van der Waals surface area (Å²) in [6.07, 6.45) is 0.758. The number of halogens is 1. The Hall–Kier alpha value is -3.92. The highest BCUT2D eigenvalue weighted by atomic mass is 35.5. The minimum Gasteiger partial charge on any atom is -0.350 e. The summed E-state index contributed by atoms with van der Waals surface area (Å²) in [4.78, 5) is 51.2. The molecule has 2 heterocycles. The van der Waals surface area contributed by atoms with Crippen molar-refractivity contribution in [1.82, 2.24) is 24.1 Å². The van der Waals surface area contributed by atoms with Crippen LogP contribution >= 0.6 is 11.6 Å². The first kappa shape index (κ1) is 23.2.